The van der Waals surface area contributed by atoms with Crippen molar-refractivity contribution in [3.8, 4) is 0 Å². The summed E-state index contributed by atoms with van der Waals surface area (Å²) < 4.78 is 0. The topological polar surface area (TPSA) is 81.1 Å². The summed E-state index contributed by atoms with van der Waals surface area (Å²) in [6.07, 6.45) is 5.96. The van der Waals surface area contributed by atoms with Crippen LogP contribution in [0.2, 0.25) is 0 Å². The van der Waals surface area contributed by atoms with Gasteiger partial charge in [0, 0.05) is 17.9 Å². The average molecular weight is 277 g/mol. The van der Waals surface area contributed by atoms with E-state index in [0.29, 0.717) is 23.5 Å². The van der Waals surface area contributed by atoms with Crippen molar-refractivity contribution in [2.45, 2.75) is 46.0 Å². The maximum atomic E-state index is 11.9. The number of rotatable bonds is 8. The van der Waals surface area contributed by atoms with E-state index >= 15 is 0 Å². The number of carbonyl (C=O) groups excluding carboxylic acids is 1. The van der Waals surface area contributed by atoms with Gasteiger partial charge in [-0.3, -0.25) is 4.79 Å². The highest BCUT2D eigenvalue weighted by Gasteiger charge is 2.08. The molecule has 1 rings (SSSR count). The van der Waals surface area contributed by atoms with Gasteiger partial charge in [-0.15, -0.1) is 0 Å². The number of unbranched alkanes of at least 4 members (excludes halogenated alkanes) is 3. The molecule has 20 heavy (non-hydrogen) atoms. The van der Waals surface area contributed by atoms with Gasteiger partial charge in [-0.2, -0.15) is 0 Å². The molecule has 0 saturated heterocycles. The molecule has 0 bridgehead atoms. The molecular formula is C16H27N3O. The van der Waals surface area contributed by atoms with Crippen molar-refractivity contribution in [3.05, 3.63) is 23.8 Å². The number of anilines is 2. The maximum Gasteiger partial charge on any atom is 0.253 e. The zero-order chi connectivity index (χ0) is 15.0. The number of hydrogen-bond donors (Lipinski definition) is 3. The third-order valence-corrected chi connectivity index (χ3v) is 3.31. The molecule has 0 heterocycles. The molecule has 0 spiro atoms. The predicted octanol–water partition coefficient (Wildman–Crippen LogP) is 3.19. The van der Waals surface area contributed by atoms with Crippen LogP contribution >= 0.6 is 0 Å². The summed E-state index contributed by atoms with van der Waals surface area (Å²) in [5.74, 6) is 0.660. The Morgan fingerprint density at radius 3 is 2.50 bits per heavy atom. The maximum absolute atomic E-state index is 11.9. The second kappa shape index (κ2) is 8.46. The highest BCUT2D eigenvalue weighted by molar-refractivity contribution is 5.99. The van der Waals surface area contributed by atoms with E-state index in [0.717, 1.165) is 18.8 Å². The normalized spacial score (nSPS) is 10.8. The lowest BCUT2D eigenvalue weighted by atomic mass is 10.0. The van der Waals surface area contributed by atoms with Crippen LogP contribution in [-0.4, -0.2) is 12.5 Å². The quantitative estimate of drug-likeness (QED) is 0.504. The fourth-order valence-corrected chi connectivity index (χ4v) is 2.12. The second-order valence-electron chi connectivity index (χ2n) is 5.70. The van der Waals surface area contributed by atoms with Crippen LogP contribution in [0.25, 0.3) is 0 Å². The Hall–Kier alpha value is -1.71. The minimum atomic E-state index is -0.121. The summed E-state index contributed by atoms with van der Waals surface area (Å²) in [7, 11) is 0. The Morgan fingerprint density at radius 1 is 1.15 bits per heavy atom. The van der Waals surface area contributed by atoms with E-state index in [1.807, 2.05) is 0 Å². The summed E-state index contributed by atoms with van der Waals surface area (Å²) in [5.41, 5.74) is 12.9. The van der Waals surface area contributed by atoms with Crippen molar-refractivity contribution in [1.82, 2.24) is 5.32 Å². The van der Waals surface area contributed by atoms with Crippen molar-refractivity contribution in [1.29, 1.82) is 0 Å². The van der Waals surface area contributed by atoms with Gasteiger partial charge in [0.2, 0.25) is 0 Å². The molecule has 0 aliphatic rings. The number of nitrogens with two attached hydrogens (primary N) is 2. The van der Waals surface area contributed by atoms with Crippen LogP contribution in [0.4, 0.5) is 11.4 Å². The molecule has 112 valence electrons. The smallest absolute Gasteiger partial charge is 0.253 e. The minimum absolute atomic E-state index is 0.121. The summed E-state index contributed by atoms with van der Waals surface area (Å²) in [6.45, 7) is 5.19. The Labute approximate surface area is 121 Å². The third kappa shape index (κ3) is 5.95. The largest absolute Gasteiger partial charge is 0.399 e. The fourth-order valence-electron chi connectivity index (χ4n) is 2.12. The van der Waals surface area contributed by atoms with Crippen molar-refractivity contribution < 1.29 is 4.79 Å². The van der Waals surface area contributed by atoms with Crippen LogP contribution in [0.1, 0.15) is 56.3 Å². The van der Waals surface area contributed by atoms with Crippen LogP contribution in [0, 0.1) is 5.92 Å². The van der Waals surface area contributed by atoms with Gasteiger partial charge in [0.15, 0.2) is 0 Å². The minimum Gasteiger partial charge on any atom is -0.399 e. The van der Waals surface area contributed by atoms with E-state index in [1.165, 1.54) is 19.3 Å². The Bertz CT molecular complexity index is 430. The molecule has 0 aliphatic heterocycles. The first kappa shape index (κ1) is 16.3. The van der Waals surface area contributed by atoms with Crippen LogP contribution in [0.15, 0.2) is 18.2 Å². The fraction of sp³-hybridized carbons (Fsp3) is 0.562. The van der Waals surface area contributed by atoms with Crippen LogP contribution < -0.4 is 16.8 Å². The van der Waals surface area contributed by atoms with Crippen molar-refractivity contribution in [2.24, 2.45) is 5.92 Å². The molecule has 0 aliphatic carbocycles. The molecule has 1 aromatic carbocycles. The molecule has 5 N–H and O–H groups in total. The lowest BCUT2D eigenvalue weighted by molar-refractivity contribution is 0.0954. The number of carbonyl (C=O) groups is 1. The molecule has 1 aromatic rings. The lowest BCUT2D eigenvalue weighted by Gasteiger charge is -2.08. The van der Waals surface area contributed by atoms with Gasteiger partial charge < -0.3 is 16.8 Å². The van der Waals surface area contributed by atoms with Gasteiger partial charge in [-0.25, -0.2) is 0 Å². The molecule has 0 unspecified atom stereocenters. The first-order valence-corrected chi connectivity index (χ1v) is 7.44. The van der Waals surface area contributed by atoms with Crippen molar-refractivity contribution >= 4 is 17.3 Å². The first-order valence-electron chi connectivity index (χ1n) is 7.44. The molecule has 1 amide bonds. The SMILES string of the molecule is CC(C)CCCCCCNC(=O)c1ccc(N)cc1N. The van der Waals surface area contributed by atoms with E-state index in [-0.39, 0.29) is 5.91 Å². The predicted molar refractivity (Wildman–Crippen MR) is 85.5 cm³/mol. The van der Waals surface area contributed by atoms with Gasteiger partial charge in [-0.1, -0.05) is 39.5 Å². The summed E-state index contributed by atoms with van der Waals surface area (Å²) >= 11 is 0. The van der Waals surface area contributed by atoms with Gasteiger partial charge in [0.05, 0.1) is 5.56 Å². The van der Waals surface area contributed by atoms with E-state index in [9.17, 15) is 4.79 Å². The van der Waals surface area contributed by atoms with E-state index in [1.54, 1.807) is 18.2 Å². The average Bonchev–Trinajstić information content (AvgIpc) is 2.37. The van der Waals surface area contributed by atoms with Crippen molar-refractivity contribution in [3.63, 3.8) is 0 Å². The van der Waals surface area contributed by atoms with Crippen molar-refractivity contribution in [2.75, 3.05) is 18.0 Å². The molecule has 0 radical (unpaired) electrons. The highest BCUT2D eigenvalue weighted by atomic mass is 16.1. The molecule has 4 heteroatoms. The second-order valence-corrected chi connectivity index (χ2v) is 5.70. The highest BCUT2D eigenvalue weighted by Crippen LogP contribution is 2.15. The number of hydrogen-bond acceptors (Lipinski definition) is 3. The van der Waals surface area contributed by atoms with Crippen LogP contribution in [0.3, 0.4) is 0 Å². The molecule has 4 nitrogen and oxygen atoms in total. The Morgan fingerprint density at radius 2 is 1.85 bits per heavy atom. The monoisotopic (exact) mass is 277 g/mol. The summed E-state index contributed by atoms with van der Waals surface area (Å²) in [4.78, 5) is 11.9. The molecule has 0 fully saturated rings. The number of benzene rings is 1. The van der Waals surface area contributed by atoms with E-state index in [4.69, 9.17) is 11.5 Å². The van der Waals surface area contributed by atoms with E-state index in [2.05, 4.69) is 19.2 Å². The molecule has 0 aromatic heterocycles. The Balaban J connectivity index is 2.20. The number of nitrogen functional groups attached to an aromatic ring is 2. The lowest BCUT2D eigenvalue weighted by Crippen LogP contribution is -2.25. The summed E-state index contributed by atoms with van der Waals surface area (Å²) in [6, 6.07) is 4.97. The van der Waals surface area contributed by atoms with E-state index < -0.39 is 0 Å². The summed E-state index contributed by atoms with van der Waals surface area (Å²) in [5, 5.41) is 2.90. The van der Waals surface area contributed by atoms with Crippen LogP contribution in [0.5, 0.6) is 0 Å². The number of amides is 1. The zero-order valence-corrected chi connectivity index (χ0v) is 12.6. The Kier molecular flexibility index (Phi) is 6.91. The standard InChI is InChI=1S/C16H27N3O/c1-12(2)7-5-3-4-6-10-19-16(20)14-9-8-13(17)11-15(14)18/h8-9,11-12H,3-7,10,17-18H2,1-2H3,(H,19,20). The molecule has 0 saturated carbocycles. The number of nitrogens with one attached hydrogen (secondary N) is 1. The van der Waals surface area contributed by atoms with Gasteiger partial charge in [0.25, 0.3) is 5.91 Å². The van der Waals surface area contributed by atoms with Gasteiger partial charge in [0.1, 0.15) is 0 Å². The third-order valence-electron chi connectivity index (χ3n) is 3.31. The van der Waals surface area contributed by atoms with Gasteiger partial charge in [-0.05, 0) is 30.5 Å². The molecule has 0 atom stereocenters. The zero-order valence-electron chi connectivity index (χ0n) is 12.6. The van der Waals surface area contributed by atoms with Gasteiger partial charge >= 0.3 is 0 Å². The first-order chi connectivity index (χ1) is 9.50. The van der Waals surface area contributed by atoms with Crippen LogP contribution in [-0.2, 0) is 0 Å². The molecular weight excluding hydrogens is 250 g/mol.